The number of benzene rings is 1. The maximum Gasteiger partial charge on any atom is 0.220 e. The van der Waals surface area contributed by atoms with Gasteiger partial charge in [0.25, 0.3) is 0 Å². The van der Waals surface area contributed by atoms with E-state index < -0.39 is 0 Å². The molecule has 1 aromatic heterocycles. The van der Waals surface area contributed by atoms with Gasteiger partial charge in [0.15, 0.2) is 0 Å². The van der Waals surface area contributed by atoms with Gasteiger partial charge in [-0.15, -0.1) is 0 Å². The summed E-state index contributed by atoms with van der Waals surface area (Å²) in [6, 6.07) is 6.47. The van der Waals surface area contributed by atoms with Crippen molar-refractivity contribution >= 4 is 17.5 Å². The molecule has 2 heterocycles. The largest absolute Gasteiger partial charge is 0.347 e. The molecule has 3 aliphatic rings. The third-order valence-corrected chi connectivity index (χ3v) is 7.03. The molecule has 2 bridgehead atoms. The molecule has 1 fully saturated rings. The van der Waals surface area contributed by atoms with Gasteiger partial charge in [-0.3, -0.25) is 9.78 Å². The lowest BCUT2D eigenvalue weighted by molar-refractivity contribution is -0.122. The summed E-state index contributed by atoms with van der Waals surface area (Å²) < 4.78 is 0. The Bertz CT molecular complexity index is 1070. The third kappa shape index (κ3) is 2.65. The van der Waals surface area contributed by atoms with Crippen molar-refractivity contribution in [3.8, 4) is 11.1 Å². The van der Waals surface area contributed by atoms with Crippen LogP contribution >= 0.6 is 0 Å². The molecular weight excluding hydrogens is 362 g/mol. The fraction of sp³-hybridized carbons (Fsp3) is 0.417. The van der Waals surface area contributed by atoms with Crippen molar-refractivity contribution in [2.45, 2.75) is 56.9 Å². The van der Waals surface area contributed by atoms with Crippen molar-refractivity contribution in [2.24, 2.45) is 0 Å². The van der Waals surface area contributed by atoms with Gasteiger partial charge in [-0.25, -0.2) is 4.79 Å². The van der Waals surface area contributed by atoms with Crippen LogP contribution in [0, 0.1) is 0 Å². The number of rotatable bonds is 3. The molecule has 0 radical (unpaired) electrons. The van der Waals surface area contributed by atoms with Crippen molar-refractivity contribution in [1.82, 2.24) is 10.3 Å². The average Bonchev–Trinajstić information content (AvgIpc) is 3.30. The van der Waals surface area contributed by atoms with Crippen molar-refractivity contribution in [1.29, 1.82) is 0 Å². The number of carbonyl (C=O) groups is 1. The first kappa shape index (κ1) is 18.1. The van der Waals surface area contributed by atoms with Gasteiger partial charge in [-0.1, -0.05) is 13.0 Å². The number of hydrogen-bond donors (Lipinski definition) is 1. The molecule has 2 unspecified atom stereocenters. The highest BCUT2D eigenvalue weighted by molar-refractivity contribution is 5.80. The van der Waals surface area contributed by atoms with Crippen LogP contribution in [-0.2, 0) is 21.5 Å². The zero-order valence-electron chi connectivity index (χ0n) is 16.9. The lowest BCUT2D eigenvalue weighted by atomic mass is 9.84. The molecule has 2 atom stereocenters. The third-order valence-electron chi connectivity index (χ3n) is 7.03. The second-order valence-corrected chi connectivity index (χ2v) is 8.52. The normalized spacial score (nSPS) is 24.1. The molecule has 5 rings (SSSR count). The number of nitrogens with one attached hydrogen (secondary N) is 1. The van der Waals surface area contributed by atoms with Gasteiger partial charge in [0.1, 0.15) is 11.6 Å². The number of fused-ring (bicyclic) bond motifs is 6. The van der Waals surface area contributed by atoms with Crippen LogP contribution in [0.3, 0.4) is 0 Å². The van der Waals surface area contributed by atoms with E-state index >= 15 is 0 Å². The molecule has 148 valence electrons. The number of nitrogens with zero attached hydrogens (tertiary/aromatic N) is 2. The average molecular weight is 387 g/mol. The van der Waals surface area contributed by atoms with Crippen molar-refractivity contribution in [3.63, 3.8) is 0 Å². The molecule has 1 N–H and O–H groups in total. The van der Waals surface area contributed by atoms with E-state index in [4.69, 9.17) is 0 Å². The van der Waals surface area contributed by atoms with Crippen LogP contribution in [0.15, 0.2) is 36.3 Å². The highest BCUT2D eigenvalue weighted by Gasteiger charge is 2.51. The van der Waals surface area contributed by atoms with E-state index in [1.54, 1.807) is 0 Å². The Morgan fingerprint density at radius 3 is 3.00 bits per heavy atom. The van der Waals surface area contributed by atoms with Gasteiger partial charge in [0, 0.05) is 43.5 Å². The minimum absolute atomic E-state index is 0.111. The first-order valence-electron chi connectivity index (χ1n) is 10.5. The number of aromatic nitrogens is 1. The quantitative estimate of drug-likeness (QED) is 0.813. The van der Waals surface area contributed by atoms with Gasteiger partial charge in [-0.05, 0) is 66.0 Å². The van der Waals surface area contributed by atoms with E-state index in [0.29, 0.717) is 18.0 Å². The van der Waals surface area contributed by atoms with E-state index in [-0.39, 0.29) is 11.4 Å². The minimum Gasteiger partial charge on any atom is -0.347 e. The summed E-state index contributed by atoms with van der Waals surface area (Å²) in [6.07, 6.45) is 9.09. The molecule has 1 saturated carbocycles. The van der Waals surface area contributed by atoms with Crippen LogP contribution in [0.2, 0.25) is 0 Å². The van der Waals surface area contributed by atoms with Gasteiger partial charge in [0.05, 0.1) is 5.54 Å². The fourth-order valence-electron chi connectivity index (χ4n) is 5.56. The molecule has 1 aromatic carbocycles. The van der Waals surface area contributed by atoms with E-state index in [9.17, 15) is 9.59 Å². The van der Waals surface area contributed by atoms with Crippen LogP contribution in [0.25, 0.3) is 11.1 Å². The lowest BCUT2D eigenvalue weighted by Crippen LogP contribution is -2.42. The maximum absolute atomic E-state index is 12.2. The van der Waals surface area contributed by atoms with Gasteiger partial charge >= 0.3 is 0 Å². The van der Waals surface area contributed by atoms with Gasteiger partial charge in [-0.2, -0.15) is 0 Å². The van der Waals surface area contributed by atoms with E-state index in [1.165, 1.54) is 27.8 Å². The molecule has 5 heteroatoms. The monoisotopic (exact) mass is 387 g/mol. The standard InChI is InChI=1S/C24H25N3O2/c1-3-22(29)26-24-9-8-17(11-24)23-19(12-25-13-20(23)24)15-5-7-21-16(10-15)4-6-18(14-28)27(21)2/h5,7,10,12-13,17H,3-4,6,8-9,11H2,1-2H3,(H,26,29). The molecule has 1 amide bonds. The number of anilines is 1. The number of allylic oxidation sites excluding steroid dienone is 1. The van der Waals surface area contributed by atoms with Crippen LogP contribution < -0.4 is 10.2 Å². The first-order chi connectivity index (χ1) is 14.1. The van der Waals surface area contributed by atoms with Crippen molar-refractivity contribution in [2.75, 3.05) is 11.9 Å². The Kier molecular flexibility index (Phi) is 4.11. The lowest BCUT2D eigenvalue weighted by Gasteiger charge is -2.31. The molecule has 29 heavy (non-hydrogen) atoms. The summed E-state index contributed by atoms with van der Waals surface area (Å²) in [5.74, 6) is 2.65. The Hall–Kier alpha value is -2.91. The topological polar surface area (TPSA) is 62.3 Å². The highest BCUT2D eigenvalue weighted by atomic mass is 16.1. The van der Waals surface area contributed by atoms with E-state index in [2.05, 4.69) is 34.4 Å². The van der Waals surface area contributed by atoms with Crippen molar-refractivity contribution in [3.05, 3.63) is 53.0 Å². The second-order valence-electron chi connectivity index (χ2n) is 8.52. The smallest absolute Gasteiger partial charge is 0.220 e. The molecule has 1 aliphatic heterocycles. The van der Waals surface area contributed by atoms with Crippen molar-refractivity contribution < 1.29 is 9.59 Å². The summed E-state index contributed by atoms with van der Waals surface area (Å²) in [6.45, 7) is 1.90. The Labute approximate surface area is 170 Å². The van der Waals surface area contributed by atoms with Crippen LogP contribution in [-0.4, -0.2) is 23.9 Å². The second kappa shape index (κ2) is 6.57. The predicted octanol–water partition coefficient (Wildman–Crippen LogP) is 3.85. The summed E-state index contributed by atoms with van der Waals surface area (Å²) in [7, 11) is 1.93. The number of carbonyl (C=O) groups excluding carboxylic acids is 2. The zero-order chi connectivity index (χ0) is 20.2. The molecule has 5 nitrogen and oxygen atoms in total. The van der Waals surface area contributed by atoms with Gasteiger partial charge in [0.2, 0.25) is 5.91 Å². The minimum atomic E-state index is -0.242. The first-order valence-corrected chi connectivity index (χ1v) is 10.5. The van der Waals surface area contributed by atoms with Crippen LogP contribution in [0.5, 0.6) is 0 Å². The van der Waals surface area contributed by atoms with E-state index in [0.717, 1.165) is 37.8 Å². The Balaban J connectivity index is 1.58. The number of hydrogen-bond acceptors (Lipinski definition) is 4. The van der Waals surface area contributed by atoms with E-state index in [1.807, 2.05) is 31.3 Å². The summed E-state index contributed by atoms with van der Waals surface area (Å²) in [5, 5.41) is 3.31. The highest BCUT2D eigenvalue weighted by Crippen LogP contribution is 2.57. The number of aryl methyl sites for hydroxylation is 1. The fourth-order valence-corrected chi connectivity index (χ4v) is 5.56. The Morgan fingerprint density at radius 2 is 2.21 bits per heavy atom. The molecule has 2 aromatic rings. The molecular formula is C24H25N3O2. The van der Waals surface area contributed by atoms with Gasteiger partial charge < -0.3 is 10.2 Å². The Morgan fingerprint density at radius 1 is 1.34 bits per heavy atom. The predicted molar refractivity (Wildman–Crippen MR) is 112 cm³/mol. The molecule has 0 saturated heterocycles. The summed E-state index contributed by atoms with van der Waals surface area (Å²) in [5.41, 5.74) is 7.71. The summed E-state index contributed by atoms with van der Waals surface area (Å²) >= 11 is 0. The zero-order valence-corrected chi connectivity index (χ0v) is 16.9. The van der Waals surface area contributed by atoms with Crippen LogP contribution in [0.4, 0.5) is 5.69 Å². The van der Waals surface area contributed by atoms with Crippen LogP contribution in [0.1, 0.15) is 61.6 Å². The SMILES string of the molecule is CCC(=O)NC12CCC(C1)c1c(-c3ccc4c(c3)CCC(=C=O)N4C)cncc12. The number of pyridine rings is 1. The summed E-state index contributed by atoms with van der Waals surface area (Å²) in [4.78, 5) is 29.9. The molecule has 0 spiro atoms. The number of amides is 1. The molecule has 2 aliphatic carbocycles. The maximum atomic E-state index is 12.2.